The number of hydrogen-bond acceptors (Lipinski definition) is 5. The number of ether oxygens (including phenoxy) is 3. The van der Waals surface area contributed by atoms with Gasteiger partial charge in [0.2, 0.25) is 0 Å². The Morgan fingerprint density at radius 1 is 0.923 bits per heavy atom. The molecule has 1 aliphatic rings. The molecule has 5 nitrogen and oxygen atoms in total. The fourth-order valence-corrected chi connectivity index (χ4v) is 2.58. The van der Waals surface area contributed by atoms with Crippen LogP contribution in [0.15, 0.2) is 48.0 Å². The molecule has 1 fully saturated rings. The van der Waals surface area contributed by atoms with Gasteiger partial charge in [0.1, 0.15) is 17.1 Å². The molecule has 2 aromatic rings. The first-order valence-corrected chi connectivity index (χ1v) is 8.40. The third-order valence-corrected chi connectivity index (χ3v) is 4.15. The van der Waals surface area contributed by atoms with Crippen LogP contribution in [-0.2, 0) is 19.1 Å². The zero-order chi connectivity index (χ0) is 18.9. The van der Waals surface area contributed by atoms with E-state index in [9.17, 15) is 9.59 Å². The van der Waals surface area contributed by atoms with Gasteiger partial charge in [-0.1, -0.05) is 35.3 Å². The summed E-state index contributed by atoms with van der Waals surface area (Å²) in [6.45, 7) is 2.98. The van der Waals surface area contributed by atoms with Crippen molar-refractivity contribution in [1.82, 2.24) is 0 Å². The van der Waals surface area contributed by atoms with Crippen molar-refractivity contribution in [2.45, 2.75) is 19.6 Å². The monoisotopic (exact) mass is 392 g/mol. The van der Waals surface area contributed by atoms with Crippen molar-refractivity contribution >= 4 is 41.2 Å². The van der Waals surface area contributed by atoms with E-state index in [-0.39, 0.29) is 5.57 Å². The summed E-state index contributed by atoms with van der Waals surface area (Å²) in [6, 6.07) is 11.7. The molecule has 26 heavy (non-hydrogen) atoms. The molecule has 1 aliphatic heterocycles. The summed E-state index contributed by atoms with van der Waals surface area (Å²) >= 11 is 11.9. The van der Waals surface area contributed by atoms with Crippen molar-refractivity contribution in [3.63, 3.8) is 0 Å². The van der Waals surface area contributed by atoms with E-state index in [1.807, 2.05) is 0 Å². The molecule has 0 spiro atoms. The van der Waals surface area contributed by atoms with Gasteiger partial charge in [-0.3, -0.25) is 0 Å². The van der Waals surface area contributed by atoms with E-state index in [4.69, 9.17) is 37.4 Å². The molecule has 1 heterocycles. The van der Waals surface area contributed by atoms with Crippen LogP contribution in [0, 0.1) is 0 Å². The Morgan fingerprint density at radius 2 is 1.58 bits per heavy atom. The number of halogens is 2. The predicted molar refractivity (Wildman–Crippen MR) is 97.2 cm³/mol. The first kappa shape index (κ1) is 18.3. The molecule has 2 aromatic carbocycles. The highest BCUT2D eigenvalue weighted by molar-refractivity contribution is 6.42. The highest BCUT2D eigenvalue weighted by Gasteiger charge is 2.38. The number of benzene rings is 2. The Kier molecular flexibility index (Phi) is 4.94. The average Bonchev–Trinajstić information content (AvgIpc) is 2.54. The summed E-state index contributed by atoms with van der Waals surface area (Å²) in [4.78, 5) is 24.0. The molecular weight excluding hydrogens is 379 g/mol. The molecule has 0 N–H and O–H groups in total. The third-order valence-electron chi connectivity index (χ3n) is 3.41. The van der Waals surface area contributed by atoms with Crippen LogP contribution in [0.2, 0.25) is 10.0 Å². The van der Waals surface area contributed by atoms with Crippen LogP contribution in [0.4, 0.5) is 0 Å². The van der Waals surface area contributed by atoms with E-state index in [0.29, 0.717) is 27.1 Å². The average molecular weight is 393 g/mol. The molecule has 134 valence electrons. The Labute approximate surface area is 160 Å². The Morgan fingerprint density at radius 3 is 2.23 bits per heavy atom. The number of carbonyl (C=O) groups is 2. The lowest BCUT2D eigenvalue weighted by Gasteiger charge is -2.29. The summed E-state index contributed by atoms with van der Waals surface area (Å²) in [5, 5.41) is 0.799. The Bertz CT molecular complexity index is 896. The smallest absolute Gasteiger partial charge is 0.348 e. The lowest BCUT2D eigenvalue weighted by atomic mass is 10.1. The number of esters is 2. The summed E-state index contributed by atoms with van der Waals surface area (Å²) in [5.41, 5.74) is 0.391. The summed E-state index contributed by atoms with van der Waals surface area (Å²) in [5.74, 6) is -1.74. The number of carbonyl (C=O) groups excluding carboxylic acids is 2. The second-order valence-electron chi connectivity index (χ2n) is 5.99. The van der Waals surface area contributed by atoms with Crippen LogP contribution in [0.3, 0.4) is 0 Å². The quantitative estimate of drug-likeness (QED) is 0.417. The van der Waals surface area contributed by atoms with Crippen LogP contribution in [0.5, 0.6) is 11.5 Å². The fraction of sp³-hybridized carbons (Fsp3) is 0.158. The van der Waals surface area contributed by atoms with Gasteiger partial charge in [-0.2, -0.15) is 0 Å². The number of rotatable bonds is 3. The zero-order valence-corrected chi connectivity index (χ0v) is 15.4. The van der Waals surface area contributed by atoms with Crippen molar-refractivity contribution in [2.75, 3.05) is 0 Å². The highest BCUT2D eigenvalue weighted by atomic mass is 35.5. The molecular formula is C19H14Cl2O5. The zero-order valence-electron chi connectivity index (χ0n) is 13.9. The lowest BCUT2D eigenvalue weighted by Crippen LogP contribution is -2.41. The highest BCUT2D eigenvalue weighted by Crippen LogP contribution is 2.30. The van der Waals surface area contributed by atoms with Gasteiger partial charge < -0.3 is 14.2 Å². The second kappa shape index (κ2) is 7.02. The van der Waals surface area contributed by atoms with Gasteiger partial charge in [-0.25, -0.2) is 9.59 Å². The maximum Gasteiger partial charge on any atom is 0.348 e. The second-order valence-corrected chi connectivity index (χ2v) is 6.80. The molecule has 7 heteroatoms. The van der Waals surface area contributed by atoms with Crippen LogP contribution in [0.25, 0.3) is 6.08 Å². The van der Waals surface area contributed by atoms with Crippen LogP contribution < -0.4 is 4.74 Å². The minimum atomic E-state index is -1.27. The van der Waals surface area contributed by atoms with E-state index in [1.165, 1.54) is 19.9 Å². The maximum absolute atomic E-state index is 12.0. The fourth-order valence-electron chi connectivity index (χ4n) is 2.29. The third kappa shape index (κ3) is 4.18. The van der Waals surface area contributed by atoms with E-state index in [0.717, 1.165) is 0 Å². The summed E-state index contributed by atoms with van der Waals surface area (Å²) < 4.78 is 15.9. The van der Waals surface area contributed by atoms with Crippen LogP contribution in [0.1, 0.15) is 19.4 Å². The van der Waals surface area contributed by atoms with Crippen molar-refractivity contribution in [2.24, 2.45) is 0 Å². The molecule has 0 unspecified atom stereocenters. The van der Waals surface area contributed by atoms with E-state index in [2.05, 4.69) is 0 Å². The van der Waals surface area contributed by atoms with Gasteiger partial charge >= 0.3 is 11.9 Å². The van der Waals surface area contributed by atoms with Gasteiger partial charge in [0.25, 0.3) is 5.79 Å². The van der Waals surface area contributed by atoms with Crippen LogP contribution in [-0.4, -0.2) is 17.7 Å². The van der Waals surface area contributed by atoms with Crippen molar-refractivity contribution in [3.05, 3.63) is 63.6 Å². The largest absolute Gasteiger partial charge is 0.457 e. The first-order valence-electron chi connectivity index (χ1n) is 7.65. The predicted octanol–water partition coefficient (Wildman–Crippen LogP) is 5.01. The molecule has 0 saturated carbocycles. The molecule has 0 amide bonds. The van der Waals surface area contributed by atoms with Crippen molar-refractivity contribution in [3.8, 4) is 11.5 Å². The number of hydrogen-bond donors (Lipinski definition) is 0. The van der Waals surface area contributed by atoms with Gasteiger partial charge in [0.15, 0.2) is 0 Å². The van der Waals surface area contributed by atoms with Crippen molar-refractivity contribution < 1.29 is 23.8 Å². The molecule has 1 saturated heterocycles. The van der Waals surface area contributed by atoms with E-state index >= 15 is 0 Å². The maximum atomic E-state index is 12.0. The van der Waals surface area contributed by atoms with Gasteiger partial charge in [-0.05, 0) is 35.9 Å². The molecule has 3 rings (SSSR count). The lowest BCUT2D eigenvalue weighted by molar-refractivity contribution is -0.222. The van der Waals surface area contributed by atoms with E-state index < -0.39 is 17.7 Å². The molecule has 0 aromatic heterocycles. The van der Waals surface area contributed by atoms with Crippen LogP contribution >= 0.6 is 23.2 Å². The SMILES string of the molecule is CC1(C)OC(=O)C(=Cc2cccc(Oc3ccc(Cl)c(Cl)c3)c2)C(=O)O1. The topological polar surface area (TPSA) is 61.8 Å². The summed E-state index contributed by atoms with van der Waals surface area (Å²) in [6.07, 6.45) is 1.39. The van der Waals surface area contributed by atoms with Gasteiger partial charge in [0.05, 0.1) is 10.0 Å². The van der Waals surface area contributed by atoms with Crippen molar-refractivity contribution in [1.29, 1.82) is 0 Å². The molecule has 0 aliphatic carbocycles. The minimum absolute atomic E-state index is 0.184. The van der Waals surface area contributed by atoms with E-state index in [1.54, 1.807) is 42.5 Å². The Hall–Kier alpha value is -2.50. The summed E-state index contributed by atoms with van der Waals surface area (Å²) in [7, 11) is 0. The normalized spacial score (nSPS) is 15.9. The molecule has 0 bridgehead atoms. The number of cyclic esters (lactones) is 2. The Balaban J connectivity index is 1.84. The van der Waals surface area contributed by atoms with Gasteiger partial charge in [-0.15, -0.1) is 0 Å². The standard InChI is InChI=1S/C19H14Cl2O5/c1-19(2)25-17(22)14(18(23)26-19)9-11-4-3-5-12(8-11)24-13-6-7-15(20)16(21)10-13/h3-10H,1-2H3. The van der Waals surface area contributed by atoms with Gasteiger partial charge in [0, 0.05) is 19.9 Å². The minimum Gasteiger partial charge on any atom is -0.457 e. The molecule has 0 radical (unpaired) electrons. The molecule has 0 atom stereocenters. The first-order chi connectivity index (χ1) is 12.2.